The SMILES string of the molecule is Cc1cc(OC(F)F)ccc1-c1c(C2CCCCC2)c2ccc(C(=O)NS(=O)(=O)N(C)C)cc2n1CC(C)(C)C(=O)N1C2CCCC1CC2. The molecule has 2 bridgehead atoms. The summed E-state index contributed by atoms with van der Waals surface area (Å²) in [6.45, 7) is 3.17. The van der Waals surface area contributed by atoms with Crippen LogP contribution < -0.4 is 9.46 Å². The molecule has 266 valence electrons. The van der Waals surface area contributed by atoms with E-state index in [-0.39, 0.29) is 35.2 Å². The molecule has 1 saturated carbocycles. The van der Waals surface area contributed by atoms with Crippen LogP contribution in [0.2, 0.25) is 0 Å². The van der Waals surface area contributed by atoms with Crippen LogP contribution in [0.25, 0.3) is 22.2 Å². The Morgan fingerprint density at radius 1 is 0.959 bits per heavy atom. The van der Waals surface area contributed by atoms with Crippen molar-refractivity contribution in [1.29, 1.82) is 0 Å². The lowest BCUT2D eigenvalue weighted by atomic mass is 9.81. The number of hydrogen-bond donors (Lipinski definition) is 1. The molecule has 1 aliphatic carbocycles. The molecule has 1 aromatic heterocycles. The Bertz CT molecular complexity index is 1830. The minimum absolute atomic E-state index is 0.0651. The summed E-state index contributed by atoms with van der Waals surface area (Å²) in [7, 11) is -1.34. The van der Waals surface area contributed by atoms with Gasteiger partial charge < -0.3 is 14.2 Å². The summed E-state index contributed by atoms with van der Waals surface area (Å²) in [5.41, 5.74) is 3.64. The predicted molar refractivity (Wildman–Crippen MR) is 186 cm³/mol. The molecule has 0 spiro atoms. The van der Waals surface area contributed by atoms with Gasteiger partial charge in [-0.25, -0.2) is 4.72 Å². The number of benzene rings is 2. The van der Waals surface area contributed by atoms with Gasteiger partial charge in [0.05, 0.1) is 11.1 Å². The standard InChI is InChI=1S/C37H48F2N4O5S/c1-23-20-28(48-36(38)39)17-19-29(23)33-32(24-10-7-6-8-11-24)30-18-14-25(34(44)40-49(46,47)41(4)5)21-31(30)42(33)22-37(2,3)35(45)43-26-12-9-13-27(43)16-15-26/h14,17-21,24,26-27,36H,6-13,15-16,22H2,1-5H3,(H,40,44). The first-order chi connectivity index (χ1) is 23.2. The highest BCUT2D eigenvalue weighted by atomic mass is 32.2. The van der Waals surface area contributed by atoms with E-state index in [4.69, 9.17) is 4.74 Å². The number of carbonyl (C=O) groups is 2. The number of nitrogens with one attached hydrogen (secondary N) is 1. The third-order valence-corrected chi connectivity index (χ3v) is 12.2. The van der Waals surface area contributed by atoms with Crippen LogP contribution in [0.3, 0.4) is 0 Å². The van der Waals surface area contributed by atoms with Crippen molar-refractivity contribution >= 4 is 32.9 Å². The summed E-state index contributed by atoms with van der Waals surface area (Å²) < 4.78 is 61.5. The van der Waals surface area contributed by atoms with Gasteiger partial charge in [-0.15, -0.1) is 0 Å². The van der Waals surface area contributed by atoms with Crippen molar-refractivity contribution in [1.82, 2.24) is 18.5 Å². The second-order valence-electron chi connectivity index (χ2n) is 14.9. The quantitative estimate of drug-likeness (QED) is 0.238. The maximum atomic E-state index is 14.5. The number of carbonyl (C=O) groups excluding carboxylic acids is 2. The summed E-state index contributed by atoms with van der Waals surface area (Å²) in [6.07, 6.45) is 10.4. The van der Waals surface area contributed by atoms with Crippen LogP contribution in [0.15, 0.2) is 36.4 Å². The number of nitrogens with zero attached hydrogens (tertiary/aromatic N) is 3. The maximum Gasteiger partial charge on any atom is 0.387 e. The normalized spacial score (nSPS) is 20.4. The molecule has 3 aromatic rings. The van der Waals surface area contributed by atoms with Crippen LogP contribution in [0, 0.1) is 12.3 Å². The minimum atomic E-state index is -4.04. The van der Waals surface area contributed by atoms with Crippen molar-refractivity contribution in [2.75, 3.05) is 14.1 Å². The van der Waals surface area contributed by atoms with Gasteiger partial charge in [-0.1, -0.05) is 25.3 Å². The lowest BCUT2D eigenvalue weighted by molar-refractivity contribution is -0.145. The van der Waals surface area contributed by atoms with E-state index in [0.29, 0.717) is 6.54 Å². The zero-order chi connectivity index (χ0) is 35.2. The van der Waals surface area contributed by atoms with Gasteiger partial charge in [0.1, 0.15) is 5.75 Å². The zero-order valence-corrected chi connectivity index (χ0v) is 29.9. The third-order valence-electron chi connectivity index (χ3n) is 10.8. The number of amides is 2. The molecule has 1 N–H and O–H groups in total. The van der Waals surface area contributed by atoms with Crippen molar-refractivity contribution in [3.05, 3.63) is 53.1 Å². The first kappa shape index (κ1) is 35.3. The Kier molecular flexibility index (Phi) is 9.85. The molecule has 9 nitrogen and oxygen atoms in total. The van der Waals surface area contributed by atoms with E-state index in [0.717, 1.165) is 102 Å². The van der Waals surface area contributed by atoms with Gasteiger partial charge in [0.2, 0.25) is 5.91 Å². The molecule has 6 rings (SSSR count). The van der Waals surface area contributed by atoms with Crippen LogP contribution in [0.5, 0.6) is 5.75 Å². The topological polar surface area (TPSA) is 101 Å². The molecule has 12 heteroatoms. The van der Waals surface area contributed by atoms with Crippen molar-refractivity contribution < 1.29 is 31.5 Å². The molecule has 3 heterocycles. The lowest BCUT2D eigenvalue weighted by Gasteiger charge is -2.40. The predicted octanol–water partition coefficient (Wildman–Crippen LogP) is 7.37. The van der Waals surface area contributed by atoms with Gasteiger partial charge in [-0.05, 0) is 113 Å². The van der Waals surface area contributed by atoms with E-state index in [1.54, 1.807) is 30.3 Å². The van der Waals surface area contributed by atoms with E-state index in [9.17, 15) is 26.8 Å². The molecule has 2 amide bonds. The highest BCUT2D eigenvalue weighted by Gasteiger charge is 2.45. The van der Waals surface area contributed by atoms with Crippen LogP contribution in [0.1, 0.15) is 105 Å². The Morgan fingerprint density at radius 3 is 2.24 bits per heavy atom. The van der Waals surface area contributed by atoms with Crippen molar-refractivity contribution in [3.63, 3.8) is 0 Å². The molecule has 2 unspecified atom stereocenters. The monoisotopic (exact) mass is 698 g/mol. The lowest BCUT2D eigenvalue weighted by Crippen LogP contribution is -2.50. The number of alkyl halides is 2. The van der Waals surface area contributed by atoms with E-state index >= 15 is 0 Å². The fourth-order valence-corrected chi connectivity index (χ4v) is 8.92. The molecule has 49 heavy (non-hydrogen) atoms. The molecule has 2 aliphatic heterocycles. The molecule has 2 atom stereocenters. The van der Waals surface area contributed by atoms with Gasteiger partial charge in [-0.2, -0.15) is 21.5 Å². The van der Waals surface area contributed by atoms with Crippen LogP contribution in [0.4, 0.5) is 8.78 Å². The van der Waals surface area contributed by atoms with Gasteiger partial charge in [-0.3, -0.25) is 9.59 Å². The van der Waals surface area contributed by atoms with Gasteiger partial charge in [0.25, 0.3) is 5.91 Å². The Morgan fingerprint density at radius 2 is 1.63 bits per heavy atom. The van der Waals surface area contributed by atoms with Gasteiger partial charge >= 0.3 is 16.8 Å². The molecular weight excluding hydrogens is 650 g/mol. The largest absolute Gasteiger partial charge is 0.435 e. The summed E-state index contributed by atoms with van der Waals surface area (Å²) in [5.74, 6) is -0.381. The second-order valence-corrected chi connectivity index (χ2v) is 16.8. The number of rotatable bonds is 10. The molecule has 2 aromatic carbocycles. The fourth-order valence-electron chi connectivity index (χ4n) is 8.38. The number of fused-ring (bicyclic) bond motifs is 3. The molecule has 0 radical (unpaired) electrons. The highest BCUT2D eigenvalue weighted by molar-refractivity contribution is 7.87. The zero-order valence-electron chi connectivity index (χ0n) is 29.1. The van der Waals surface area contributed by atoms with Crippen molar-refractivity contribution in [2.24, 2.45) is 5.41 Å². The first-order valence-corrected chi connectivity index (χ1v) is 18.9. The van der Waals surface area contributed by atoms with Crippen molar-refractivity contribution in [3.8, 4) is 17.0 Å². The summed E-state index contributed by atoms with van der Waals surface area (Å²) >= 11 is 0. The molecular formula is C37H48F2N4O5S. The Labute approximate surface area is 288 Å². The average Bonchev–Trinajstić information content (AvgIpc) is 3.48. The molecule has 2 saturated heterocycles. The van der Waals surface area contributed by atoms with Crippen LogP contribution in [-0.2, 0) is 21.5 Å². The summed E-state index contributed by atoms with van der Waals surface area (Å²) in [6, 6.07) is 10.7. The van der Waals surface area contributed by atoms with Gasteiger partial charge in [0.15, 0.2) is 0 Å². The first-order valence-electron chi connectivity index (χ1n) is 17.5. The number of ether oxygens (including phenoxy) is 1. The fraction of sp³-hybridized carbons (Fsp3) is 0.568. The summed E-state index contributed by atoms with van der Waals surface area (Å²) in [4.78, 5) is 30.0. The maximum absolute atomic E-state index is 14.5. The highest BCUT2D eigenvalue weighted by Crippen LogP contribution is 2.47. The van der Waals surface area contributed by atoms with E-state index in [2.05, 4.69) is 14.2 Å². The Hall–Kier alpha value is -3.51. The number of aryl methyl sites for hydroxylation is 1. The number of piperidine rings is 1. The second kappa shape index (κ2) is 13.7. The van der Waals surface area contributed by atoms with Crippen molar-refractivity contribution in [2.45, 2.75) is 116 Å². The smallest absolute Gasteiger partial charge is 0.387 e. The van der Waals surface area contributed by atoms with E-state index in [1.165, 1.54) is 14.1 Å². The van der Waals surface area contributed by atoms with Crippen LogP contribution >= 0.6 is 0 Å². The number of hydrogen-bond acceptors (Lipinski definition) is 5. The number of halogens is 2. The minimum Gasteiger partial charge on any atom is -0.435 e. The Balaban J connectivity index is 1.55. The van der Waals surface area contributed by atoms with Gasteiger partial charge in [0, 0.05) is 54.8 Å². The van der Waals surface area contributed by atoms with E-state index < -0.39 is 28.1 Å². The average molecular weight is 699 g/mol. The van der Waals surface area contributed by atoms with Crippen LogP contribution in [-0.4, -0.2) is 66.8 Å². The molecule has 3 aliphatic rings. The third kappa shape index (κ3) is 6.95. The summed E-state index contributed by atoms with van der Waals surface area (Å²) in [5, 5.41) is 0.933. The molecule has 3 fully saturated rings. The number of aromatic nitrogens is 1. The van der Waals surface area contributed by atoms with E-state index in [1.807, 2.05) is 26.8 Å².